The Bertz CT molecular complexity index is 316. The molecule has 3 heteroatoms. The molecule has 0 unspecified atom stereocenters. The van der Waals surface area contributed by atoms with E-state index in [0.29, 0.717) is 11.5 Å². The second-order valence-electron chi connectivity index (χ2n) is 2.40. The lowest BCUT2D eigenvalue weighted by Crippen LogP contribution is -1.93. The smallest absolute Gasteiger partial charge is 0.126 e. The Labute approximate surface area is 71.5 Å². The fourth-order valence-corrected chi connectivity index (χ4v) is 0.911. The Hall–Kier alpha value is -1.40. The Morgan fingerprint density at radius 2 is 2.17 bits per heavy atom. The van der Waals surface area contributed by atoms with E-state index in [2.05, 4.69) is 21.8 Å². The molecule has 1 heterocycles. The van der Waals surface area contributed by atoms with Crippen molar-refractivity contribution in [2.45, 2.75) is 13.8 Å². The van der Waals surface area contributed by atoms with Crippen LogP contribution in [0.2, 0.25) is 0 Å². The van der Waals surface area contributed by atoms with Gasteiger partial charge in [-0.2, -0.15) is 0 Å². The number of aliphatic hydroxyl groups excluding tert-OH is 1. The summed E-state index contributed by atoms with van der Waals surface area (Å²) >= 11 is 0. The predicted octanol–water partition coefficient (Wildman–Crippen LogP) is 0.437. The van der Waals surface area contributed by atoms with Crippen LogP contribution < -0.4 is 0 Å². The van der Waals surface area contributed by atoms with E-state index in [4.69, 9.17) is 5.11 Å². The van der Waals surface area contributed by atoms with Gasteiger partial charge in [0.25, 0.3) is 0 Å². The van der Waals surface area contributed by atoms with Gasteiger partial charge in [0.05, 0.1) is 0 Å². The molecule has 0 fully saturated rings. The standard InChI is InChI=1S/C9H10N2O/c1-7-6-9(4-3-5-12)11-8(2)10-7/h6,12H,5H2,1-2H3. The Kier molecular flexibility index (Phi) is 2.78. The molecule has 12 heavy (non-hydrogen) atoms. The van der Waals surface area contributed by atoms with Gasteiger partial charge in [-0.1, -0.05) is 5.92 Å². The molecular weight excluding hydrogens is 152 g/mol. The van der Waals surface area contributed by atoms with E-state index < -0.39 is 0 Å². The maximum Gasteiger partial charge on any atom is 0.126 e. The first-order chi connectivity index (χ1) is 5.72. The molecule has 0 saturated carbocycles. The van der Waals surface area contributed by atoms with E-state index in [1.54, 1.807) is 6.07 Å². The summed E-state index contributed by atoms with van der Waals surface area (Å²) in [5.74, 6) is 5.96. The van der Waals surface area contributed by atoms with Gasteiger partial charge in [0.2, 0.25) is 0 Å². The van der Waals surface area contributed by atoms with Crippen molar-refractivity contribution < 1.29 is 5.11 Å². The average molecular weight is 162 g/mol. The number of aryl methyl sites for hydroxylation is 2. The summed E-state index contributed by atoms with van der Waals surface area (Å²) in [5, 5.41) is 8.45. The van der Waals surface area contributed by atoms with E-state index in [1.807, 2.05) is 13.8 Å². The first-order valence-electron chi connectivity index (χ1n) is 3.64. The molecule has 0 aromatic carbocycles. The normalized spacial score (nSPS) is 8.92. The summed E-state index contributed by atoms with van der Waals surface area (Å²) in [7, 11) is 0. The van der Waals surface area contributed by atoms with Crippen molar-refractivity contribution in [1.82, 2.24) is 9.97 Å². The van der Waals surface area contributed by atoms with Gasteiger partial charge in [-0.3, -0.25) is 0 Å². The molecule has 0 amide bonds. The third kappa shape index (κ3) is 2.33. The number of aliphatic hydroxyl groups is 1. The molecule has 1 N–H and O–H groups in total. The highest BCUT2D eigenvalue weighted by molar-refractivity contribution is 5.28. The van der Waals surface area contributed by atoms with Crippen molar-refractivity contribution >= 4 is 0 Å². The number of rotatable bonds is 0. The highest BCUT2D eigenvalue weighted by Crippen LogP contribution is 1.97. The first-order valence-corrected chi connectivity index (χ1v) is 3.64. The molecule has 1 rings (SSSR count). The number of nitrogens with zero attached hydrogens (tertiary/aromatic N) is 2. The highest BCUT2D eigenvalue weighted by Gasteiger charge is 1.93. The van der Waals surface area contributed by atoms with Gasteiger partial charge in [-0.25, -0.2) is 9.97 Å². The van der Waals surface area contributed by atoms with Crippen molar-refractivity contribution in [3.05, 3.63) is 23.3 Å². The van der Waals surface area contributed by atoms with Gasteiger partial charge < -0.3 is 5.11 Å². The van der Waals surface area contributed by atoms with Gasteiger partial charge in [-0.05, 0) is 25.8 Å². The van der Waals surface area contributed by atoms with Crippen molar-refractivity contribution in [3.8, 4) is 11.8 Å². The van der Waals surface area contributed by atoms with Gasteiger partial charge in [-0.15, -0.1) is 0 Å². The van der Waals surface area contributed by atoms with Crippen molar-refractivity contribution in [3.63, 3.8) is 0 Å². The second kappa shape index (κ2) is 3.84. The topological polar surface area (TPSA) is 46.0 Å². The van der Waals surface area contributed by atoms with Crippen LogP contribution in [-0.2, 0) is 0 Å². The Morgan fingerprint density at radius 1 is 1.42 bits per heavy atom. The molecule has 0 spiro atoms. The summed E-state index contributed by atoms with van der Waals surface area (Å²) in [6.45, 7) is 3.57. The molecular formula is C9H10N2O. The van der Waals surface area contributed by atoms with Crippen LogP contribution in [0.15, 0.2) is 6.07 Å². The quantitative estimate of drug-likeness (QED) is 0.563. The van der Waals surface area contributed by atoms with E-state index in [0.717, 1.165) is 5.69 Å². The van der Waals surface area contributed by atoms with Crippen LogP contribution in [0.25, 0.3) is 0 Å². The Balaban J connectivity index is 3.01. The van der Waals surface area contributed by atoms with Crippen molar-refractivity contribution in [2.24, 2.45) is 0 Å². The second-order valence-corrected chi connectivity index (χ2v) is 2.40. The third-order valence-electron chi connectivity index (χ3n) is 1.26. The summed E-state index contributed by atoms with van der Waals surface area (Å²) in [5.41, 5.74) is 1.55. The molecule has 1 aromatic rings. The van der Waals surface area contributed by atoms with Crippen LogP contribution in [0.4, 0.5) is 0 Å². The number of aromatic nitrogens is 2. The molecule has 0 aliphatic rings. The average Bonchev–Trinajstić information content (AvgIpc) is 1.99. The molecule has 0 atom stereocenters. The van der Waals surface area contributed by atoms with E-state index >= 15 is 0 Å². The van der Waals surface area contributed by atoms with E-state index in [9.17, 15) is 0 Å². The van der Waals surface area contributed by atoms with Crippen LogP contribution in [-0.4, -0.2) is 21.7 Å². The van der Waals surface area contributed by atoms with Gasteiger partial charge >= 0.3 is 0 Å². The lowest BCUT2D eigenvalue weighted by Gasteiger charge is -1.95. The summed E-state index contributed by atoms with van der Waals surface area (Å²) in [6, 6.07) is 1.79. The fraction of sp³-hybridized carbons (Fsp3) is 0.333. The minimum atomic E-state index is -0.137. The van der Waals surface area contributed by atoms with Crippen LogP contribution in [0.1, 0.15) is 17.2 Å². The maximum absolute atomic E-state index is 8.45. The van der Waals surface area contributed by atoms with Crippen LogP contribution in [0, 0.1) is 25.7 Å². The fourth-order valence-electron chi connectivity index (χ4n) is 0.911. The minimum absolute atomic E-state index is 0.137. The first kappa shape index (κ1) is 8.69. The Morgan fingerprint density at radius 3 is 2.75 bits per heavy atom. The zero-order valence-corrected chi connectivity index (χ0v) is 7.13. The lowest BCUT2D eigenvalue weighted by atomic mass is 10.3. The maximum atomic E-state index is 8.45. The van der Waals surface area contributed by atoms with Gasteiger partial charge in [0.15, 0.2) is 0 Å². The monoisotopic (exact) mass is 162 g/mol. The molecule has 0 aliphatic heterocycles. The van der Waals surface area contributed by atoms with Crippen LogP contribution >= 0.6 is 0 Å². The van der Waals surface area contributed by atoms with Crippen molar-refractivity contribution in [1.29, 1.82) is 0 Å². The molecule has 0 saturated heterocycles. The highest BCUT2D eigenvalue weighted by atomic mass is 16.2. The summed E-state index contributed by atoms with van der Waals surface area (Å²) in [6.07, 6.45) is 0. The van der Waals surface area contributed by atoms with Crippen LogP contribution in [0.5, 0.6) is 0 Å². The summed E-state index contributed by atoms with van der Waals surface area (Å²) in [4.78, 5) is 8.18. The van der Waals surface area contributed by atoms with Crippen LogP contribution in [0.3, 0.4) is 0 Å². The van der Waals surface area contributed by atoms with Crippen molar-refractivity contribution in [2.75, 3.05) is 6.61 Å². The van der Waals surface area contributed by atoms with Gasteiger partial charge in [0.1, 0.15) is 18.1 Å². The molecule has 62 valence electrons. The molecule has 0 aliphatic carbocycles. The zero-order valence-electron chi connectivity index (χ0n) is 7.13. The zero-order chi connectivity index (χ0) is 8.97. The molecule has 0 radical (unpaired) electrons. The minimum Gasteiger partial charge on any atom is -0.384 e. The summed E-state index contributed by atoms with van der Waals surface area (Å²) < 4.78 is 0. The van der Waals surface area contributed by atoms with Gasteiger partial charge in [0, 0.05) is 5.69 Å². The number of hydrogen-bond donors (Lipinski definition) is 1. The molecule has 3 nitrogen and oxygen atoms in total. The molecule has 1 aromatic heterocycles. The predicted molar refractivity (Wildman–Crippen MR) is 45.5 cm³/mol. The third-order valence-corrected chi connectivity index (χ3v) is 1.26. The van der Waals surface area contributed by atoms with E-state index in [1.165, 1.54) is 0 Å². The molecule has 0 bridgehead atoms. The SMILES string of the molecule is Cc1cc(C#CCO)nc(C)n1. The lowest BCUT2D eigenvalue weighted by molar-refractivity contribution is 0.350. The van der Waals surface area contributed by atoms with E-state index in [-0.39, 0.29) is 6.61 Å². The number of hydrogen-bond acceptors (Lipinski definition) is 3. The largest absolute Gasteiger partial charge is 0.384 e.